The molecule has 1 saturated heterocycles. The molecule has 26 heavy (non-hydrogen) atoms. The summed E-state index contributed by atoms with van der Waals surface area (Å²) in [6.45, 7) is 4.95. The summed E-state index contributed by atoms with van der Waals surface area (Å²) in [5.41, 5.74) is 1.28. The van der Waals surface area contributed by atoms with Crippen molar-refractivity contribution in [1.29, 1.82) is 0 Å². The van der Waals surface area contributed by atoms with E-state index in [2.05, 4.69) is 9.82 Å². The van der Waals surface area contributed by atoms with Gasteiger partial charge in [-0.15, -0.1) is 0 Å². The van der Waals surface area contributed by atoms with Crippen LogP contribution in [0.15, 0.2) is 30.6 Å². The van der Waals surface area contributed by atoms with Gasteiger partial charge in [-0.05, 0) is 24.0 Å². The molecule has 0 saturated carbocycles. The molecule has 8 nitrogen and oxygen atoms in total. The van der Waals surface area contributed by atoms with Crippen molar-refractivity contribution in [2.24, 2.45) is 11.8 Å². The van der Waals surface area contributed by atoms with Crippen molar-refractivity contribution < 1.29 is 13.2 Å². The topological polar surface area (TPSA) is 87.0 Å². The standard InChI is InChI=1S/C17H25N5O3S/c1-12(2)14-10-21(11-15(14)19-26(24,25)20(3)4)17(23)13-9-18-22-8-6-5-7-16(13)22/h5-9,12,14-15,19H,10-11H2,1-4H3/t14-,15+/m0/s1. The molecule has 0 unspecified atom stereocenters. The molecule has 3 heterocycles. The van der Waals surface area contributed by atoms with Gasteiger partial charge >= 0.3 is 0 Å². The number of carbonyl (C=O) groups is 1. The molecule has 0 aromatic carbocycles. The minimum atomic E-state index is -3.56. The van der Waals surface area contributed by atoms with Crippen LogP contribution in [0.5, 0.6) is 0 Å². The fourth-order valence-corrected chi connectivity index (χ4v) is 4.20. The molecule has 0 radical (unpaired) electrons. The zero-order valence-electron chi connectivity index (χ0n) is 15.5. The molecule has 3 rings (SSSR count). The van der Waals surface area contributed by atoms with E-state index in [1.165, 1.54) is 14.1 Å². The number of nitrogens with zero attached hydrogens (tertiary/aromatic N) is 4. The Kier molecular flexibility index (Phi) is 5.05. The van der Waals surface area contributed by atoms with Gasteiger partial charge in [-0.2, -0.15) is 22.5 Å². The van der Waals surface area contributed by atoms with Crippen LogP contribution in [-0.2, 0) is 10.2 Å². The van der Waals surface area contributed by atoms with Gasteiger partial charge in [-0.1, -0.05) is 19.9 Å². The van der Waals surface area contributed by atoms with Crippen LogP contribution >= 0.6 is 0 Å². The van der Waals surface area contributed by atoms with Crippen molar-refractivity contribution in [2.75, 3.05) is 27.2 Å². The number of pyridine rings is 1. The van der Waals surface area contributed by atoms with E-state index >= 15 is 0 Å². The Morgan fingerprint density at radius 3 is 2.69 bits per heavy atom. The lowest BCUT2D eigenvalue weighted by Crippen LogP contribution is -2.46. The van der Waals surface area contributed by atoms with E-state index in [9.17, 15) is 13.2 Å². The van der Waals surface area contributed by atoms with Crippen molar-refractivity contribution in [1.82, 2.24) is 23.5 Å². The number of aromatic nitrogens is 2. The highest BCUT2D eigenvalue weighted by molar-refractivity contribution is 7.87. The largest absolute Gasteiger partial charge is 0.337 e. The van der Waals surface area contributed by atoms with Crippen molar-refractivity contribution in [3.8, 4) is 0 Å². The number of hydrogen-bond acceptors (Lipinski definition) is 4. The van der Waals surface area contributed by atoms with Crippen molar-refractivity contribution in [3.05, 3.63) is 36.2 Å². The molecule has 1 amide bonds. The first-order chi connectivity index (χ1) is 12.2. The van der Waals surface area contributed by atoms with Gasteiger partial charge in [0.25, 0.3) is 16.1 Å². The fourth-order valence-electron chi connectivity index (χ4n) is 3.36. The van der Waals surface area contributed by atoms with Crippen LogP contribution < -0.4 is 4.72 Å². The van der Waals surface area contributed by atoms with Gasteiger partial charge in [0.1, 0.15) is 0 Å². The number of hydrogen-bond donors (Lipinski definition) is 1. The Balaban J connectivity index is 1.84. The molecule has 1 aliphatic heterocycles. The van der Waals surface area contributed by atoms with Crippen molar-refractivity contribution >= 4 is 21.6 Å². The number of rotatable bonds is 5. The highest BCUT2D eigenvalue weighted by atomic mass is 32.2. The molecule has 9 heteroatoms. The summed E-state index contributed by atoms with van der Waals surface area (Å²) in [6.07, 6.45) is 3.36. The zero-order valence-corrected chi connectivity index (χ0v) is 16.3. The summed E-state index contributed by atoms with van der Waals surface area (Å²) in [4.78, 5) is 14.7. The highest BCUT2D eigenvalue weighted by Gasteiger charge is 2.40. The monoisotopic (exact) mass is 379 g/mol. The Labute approximate surface area is 154 Å². The Hall–Kier alpha value is -1.97. The van der Waals surface area contributed by atoms with E-state index < -0.39 is 10.2 Å². The van der Waals surface area contributed by atoms with E-state index in [-0.39, 0.29) is 23.8 Å². The minimum absolute atomic E-state index is 0.0514. The first-order valence-electron chi connectivity index (χ1n) is 8.62. The van der Waals surface area contributed by atoms with E-state index in [0.29, 0.717) is 18.7 Å². The average Bonchev–Trinajstić information content (AvgIpc) is 3.18. The van der Waals surface area contributed by atoms with Gasteiger partial charge < -0.3 is 4.90 Å². The zero-order chi connectivity index (χ0) is 19.1. The van der Waals surface area contributed by atoms with Crippen molar-refractivity contribution in [2.45, 2.75) is 19.9 Å². The molecule has 2 aromatic rings. The van der Waals surface area contributed by atoms with E-state index in [4.69, 9.17) is 0 Å². The average molecular weight is 379 g/mol. The third kappa shape index (κ3) is 3.46. The number of fused-ring (bicyclic) bond motifs is 1. The summed E-state index contributed by atoms with van der Waals surface area (Å²) in [5.74, 6) is 0.172. The summed E-state index contributed by atoms with van der Waals surface area (Å²) in [6, 6.07) is 5.25. The summed E-state index contributed by atoms with van der Waals surface area (Å²) in [7, 11) is -0.577. The second-order valence-corrected chi connectivity index (χ2v) is 9.13. The van der Waals surface area contributed by atoms with Gasteiger partial charge in [0.2, 0.25) is 0 Å². The fraction of sp³-hybridized carbons (Fsp3) is 0.529. The molecule has 0 spiro atoms. The summed E-state index contributed by atoms with van der Waals surface area (Å²) in [5, 5.41) is 4.22. The summed E-state index contributed by atoms with van der Waals surface area (Å²) < 4.78 is 30.0. The van der Waals surface area contributed by atoms with Gasteiger partial charge in [-0.25, -0.2) is 4.52 Å². The lowest BCUT2D eigenvalue weighted by atomic mass is 9.92. The first-order valence-corrected chi connectivity index (χ1v) is 10.1. The lowest BCUT2D eigenvalue weighted by molar-refractivity contribution is 0.0785. The number of amides is 1. The van der Waals surface area contributed by atoms with Crippen LogP contribution in [-0.4, -0.2) is 66.4 Å². The van der Waals surface area contributed by atoms with Gasteiger partial charge in [-0.3, -0.25) is 4.79 Å². The predicted molar refractivity (Wildman–Crippen MR) is 99.0 cm³/mol. The van der Waals surface area contributed by atoms with E-state index in [1.54, 1.807) is 21.8 Å². The van der Waals surface area contributed by atoms with Crippen molar-refractivity contribution in [3.63, 3.8) is 0 Å². The molecular formula is C17H25N5O3S. The molecular weight excluding hydrogens is 354 g/mol. The van der Waals surface area contributed by atoms with E-state index in [0.717, 1.165) is 9.82 Å². The maximum Gasteiger partial charge on any atom is 0.279 e. The molecule has 2 atom stereocenters. The Bertz CT molecular complexity index is 906. The SMILES string of the molecule is CC(C)[C@@H]1CN(C(=O)c2cnn3ccccc23)C[C@H]1NS(=O)(=O)N(C)C. The van der Waals surface area contributed by atoms with E-state index in [1.807, 2.05) is 32.0 Å². The van der Waals surface area contributed by atoms with Crippen LogP contribution in [0.25, 0.3) is 5.52 Å². The lowest BCUT2D eigenvalue weighted by Gasteiger charge is -2.24. The molecule has 1 aliphatic rings. The molecule has 1 N–H and O–H groups in total. The second kappa shape index (κ2) is 6.98. The number of carbonyl (C=O) groups excluding carboxylic acids is 1. The van der Waals surface area contributed by atoms with Crippen LogP contribution in [0.1, 0.15) is 24.2 Å². The van der Waals surface area contributed by atoms with Gasteiger partial charge in [0.15, 0.2) is 0 Å². The maximum absolute atomic E-state index is 13.0. The Morgan fingerprint density at radius 2 is 2.04 bits per heavy atom. The molecule has 0 aliphatic carbocycles. The molecule has 1 fully saturated rings. The molecule has 142 valence electrons. The predicted octanol–water partition coefficient (Wildman–Crippen LogP) is 0.827. The first kappa shape index (κ1) is 18.8. The smallest absolute Gasteiger partial charge is 0.279 e. The van der Waals surface area contributed by atoms with Crippen LogP contribution in [0.2, 0.25) is 0 Å². The molecule has 2 aromatic heterocycles. The Morgan fingerprint density at radius 1 is 1.31 bits per heavy atom. The maximum atomic E-state index is 13.0. The normalized spacial score (nSPS) is 21.2. The van der Waals surface area contributed by atoms with Gasteiger partial charge in [0.05, 0.1) is 17.3 Å². The van der Waals surface area contributed by atoms with Crippen LogP contribution in [0, 0.1) is 11.8 Å². The van der Waals surface area contributed by atoms with Crippen LogP contribution in [0.3, 0.4) is 0 Å². The number of likely N-dealkylation sites (tertiary alicyclic amines) is 1. The second-order valence-electron chi connectivity index (χ2n) is 7.22. The van der Waals surface area contributed by atoms with Gasteiger partial charge in [0, 0.05) is 39.4 Å². The molecule has 0 bridgehead atoms. The third-order valence-electron chi connectivity index (χ3n) is 4.95. The van der Waals surface area contributed by atoms with Crippen LogP contribution in [0.4, 0.5) is 0 Å². The quantitative estimate of drug-likeness (QED) is 0.834. The summed E-state index contributed by atoms with van der Waals surface area (Å²) >= 11 is 0. The minimum Gasteiger partial charge on any atom is -0.337 e. The highest BCUT2D eigenvalue weighted by Crippen LogP contribution is 2.27. The number of nitrogens with one attached hydrogen (secondary N) is 1. The third-order valence-corrected chi connectivity index (χ3v) is 6.51.